The highest BCUT2D eigenvalue weighted by Crippen LogP contribution is 2.26. The van der Waals surface area contributed by atoms with Gasteiger partial charge in [-0.05, 0) is 61.0 Å². The van der Waals surface area contributed by atoms with Gasteiger partial charge in [0, 0.05) is 20.9 Å². The molecule has 1 atom stereocenters. The van der Waals surface area contributed by atoms with Crippen LogP contribution in [-0.4, -0.2) is 32.1 Å². The SMILES string of the molecule is C[C@H](Sc1nnc(CNc2ccc(Cl)cc2)n1-c1ccccc1)C(=O)N/N=C\c1ccc(Br)cc1. The van der Waals surface area contributed by atoms with Crippen LogP contribution in [0.15, 0.2) is 93.6 Å². The number of nitrogens with one attached hydrogen (secondary N) is 2. The van der Waals surface area contributed by atoms with Crippen molar-refractivity contribution in [3.8, 4) is 5.69 Å². The Morgan fingerprint density at radius 2 is 1.80 bits per heavy atom. The Bertz CT molecular complexity index is 1300. The molecule has 0 spiro atoms. The molecule has 0 fully saturated rings. The van der Waals surface area contributed by atoms with Gasteiger partial charge in [-0.1, -0.05) is 69.6 Å². The van der Waals surface area contributed by atoms with Gasteiger partial charge in [-0.15, -0.1) is 10.2 Å². The number of rotatable bonds is 9. The maximum atomic E-state index is 12.7. The standard InChI is InChI=1S/C25H22BrClN6OS/c1-17(24(34)31-29-15-18-7-9-19(26)10-8-18)35-25-32-30-23(33(25)22-5-3-2-4-6-22)16-28-21-13-11-20(27)12-14-21/h2-15,17,28H,16H2,1H3,(H,31,34)/b29-15-/t17-/m0/s1. The van der Waals surface area contributed by atoms with E-state index in [0.29, 0.717) is 16.7 Å². The molecular formula is C25H22BrClN6OS. The van der Waals surface area contributed by atoms with Crippen LogP contribution >= 0.6 is 39.3 Å². The Hall–Kier alpha value is -3.14. The molecule has 0 saturated carbocycles. The van der Waals surface area contributed by atoms with E-state index in [9.17, 15) is 4.79 Å². The Morgan fingerprint density at radius 3 is 2.51 bits per heavy atom. The first-order chi connectivity index (χ1) is 17.0. The summed E-state index contributed by atoms with van der Waals surface area (Å²) in [6, 6.07) is 24.9. The number of nitrogens with zero attached hydrogens (tertiary/aromatic N) is 4. The third-order valence-electron chi connectivity index (χ3n) is 4.92. The first kappa shape index (κ1) is 25.0. The van der Waals surface area contributed by atoms with Gasteiger partial charge in [-0.3, -0.25) is 9.36 Å². The van der Waals surface area contributed by atoms with Crippen molar-refractivity contribution in [3.05, 3.63) is 99.7 Å². The van der Waals surface area contributed by atoms with Crippen molar-refractivity contribution < 1.29 is 4.79 Å². The molecule has 1 amide bonds. The molecule has 0 aliphatic heterocycles. The lowest BCUT2D eigenvalue weighted by molar-refractivity contribution is -0.120. The van der Waals surface area contributed by atoms with Gasteiger partial charge < -0.3 is 5.32 Å². The molecule has 2 N–H and O–H groups in total. The summed E-state index contributed by atoms with van der Waals surface area (Å²) >= 11 is 10.7. The average molecular weight is 570 g/mol. The van der Waals surface area contributed by atoms with E-state index in [2.05, 4.69) is 42.0 Å². The number of thioether (sulfide) groups is 1. The van der Waals surface area contributed by atoms with Crippen LogP contribution in [0.5, 0.6) is 0 Å². The van der Waals surface area contributed by atoms with E-state index in [0.717, 1.165) is 27.2 Å². The molecule has 10 heteroatoms. The summed E-state index contributed by atoms with van der Waals surface area (Å²) in [5, 5.41) is 17.0. The van der Waals surface area contributed by atoms with Crippen LogP contribution in [0.2, 0.25) is 5.02 Å². The summed E-state index contributed by atoms with van der Waals surface area (Å²) in [7, 11) is 0. The number of carbonyl (C=O) groups is 1. The maximum Gasteiger partial charge on any atom is 0.253 e. The van der Waals surface area contributed by atoms with Gasteiger partial charge >= 0.3 is 0 Å². The number of carbonyl (C=O) groups excluding carboxylic acids is 1. The summed E-state index contributed by atoms with van der Waals surface area (Å²) in [5.41, 5.74) is 5.32. The molecule has 178 valence electrons. The van der Waals surface area contributed by atoms with Gasteiger partial charge in [0.05, 0.1) is 18.0 Å². The first-order valence-corrected chi connectivity index (χ1v) is 12.8. The van der Waals surface area contributed by atoms with Crippen LogP contribution in [0.1, 0.15) is 18.3 Å². The third-order valence-corrected chi connectivity index (χ3v) is 6.74. The lowest BCUT2D eigenvalue weighted by Gasteiger charge is -2.13. The van der Waals surface area contributed by atoms with Crippen molar-refractivity contribution >= 4 is 57.1 Å². The van der Waals surface area contributed by atoms with E-state index in [4.69, 9.17) is 11.6 Å². The largest absolute Gasteiger partial charge is 0.378 e. The molecule has 35 heavy (non-hydrogen) atoms. The smallest absolute Gasteiger partial charge is 0.253 e. The second kappa shape index (κ2) is 12.0. The van der Waals surface area contributed by atoms with E-state index in [1.165, 1.54) is 11.8 Å². The van der Waals surface area contributed by atoms with Crippen molar-refractivity contribution in [1.82, 2.24) is 20.2 Å². The summed E-state index contributed by atoms with van der Waals surface area (Å²) in [6.07, 6.45) is 1.61. The van der Waals surface area contributed by atoms with Gasteiger partial charge in [-0.2, -0.15) is 5.10 Å². The quantitative estimate of drug-likeness (QED) is 0.148. The molecule has 4 rings (SSSR count). The second-order valence-electron chi connectivity index (χ2n) is 7.48. The zero-order chi connectivity index (χ0) is 24.6. The van der Waals surface area contributed by atoms with Crippen LogP contribution in [0, 0.1) is 0 Å². The number of halogens is 2. The maximum absolute atomic E-state index is 12.7. The first-order valence-electron chi connectivity index (χ1n) is 10.7. The lowest BCUT2D eigenvalue weighted by atomic mass is 10.2. The Morgan fingerprint density at radius 1 is 1.09 bits per heavy atom. The van der Waals surface area contributed by atoms with Crippen LogP contribution in [-0.2, 0) is 11.3 Å². The molecule has 0 radical (unpaired) electrons. The highest BCUT2D eigenvalue weighted by Gasteiger charge is 2.21. The molecule has 1 aromatic heterocycles. The normalized spacial score (nSPS) is 12.0. The molecular weight excluding hydrogens is 548 g/mol. The monoisotopic (exact) mass is 568 g/mol. The van der Waals surface area contributed by atoms with Crippen LogP contribution in [0.4, 0.5) is 5.69 Å². The molecule has 0 aliphatic rings. The number of hydrogen-bond acceptors (Lipinski definition) is 6. The molecule has 0 aliphatic carbocycles. The highest BCUT2D eigenvalue weighted by atomic mass is 79.9. The Kier molecular flexibility index (Phi) is 8.57. The molecule has 0 unspecified atom stereocenters. The van der Waals surface area contributed by atoms with Gasteiger partial charge in [-0.25, -0.2) is 5.43 Å². The number of anilines is 1. The number of hydrogen-bond donors (Lipinski definition) is 2. The van der Waals surface area contributed by atoms with E-state index in [-0.39, 0.29) is 5.91 Å². The third kappa shape index (κ3) is 6.94. The number of benzene rings is 3. The van der Waals surface area contributed by atoms with Crippen LogP contribution in [0.3, 0.4) is 0 Å². The summed E-state index contributed by atoms with van der Waals surface area (Å²) in [5.74, 6) is 0.487. The van der Waals surface area contributed by atoms with Gasteiger partial charge in [0.2, 0.25) is 0 Å². The minimum Gasteiger partial charge on any atom is -0.378 e. The number of amides is 1. The van der Waals surface area contributed by atoms with Crippen LogP contribution < -0.4 is 10.7 Å². The van der Waals surface area contributed by atoms with Gasteiger partial charge in [0.15, 0.2) is 11.0 Å². The number of para-hydroxylation sites is 1. The topological polar surface area (TPSA) is 84.2 Å². The van der Waals surface area contributed by atoms with Crippen molar-refractivity contribution in [2.24, 2.45) is 5.10 Å². The molecule has 0 saturated heterocycles. The molecule has 4 aromatic rings. The number of hydrazone groups is 1. The lowest BCUT2D eigenvalue weighted by Crippen LogP contribution is -2.27. The average Bonchev–Trinajstić information content (AvgIpc) is 3.27. The zero-order valence-corrected chi connectivity index (χ0v) is 21.9. The van der Waals surface area contributed by atoms with E-state index in [1.54, 1.807) is 6.21 Å². The molecule has 0 bridgehead atoms. The Balaban J connectivity index is 1.46. The summed E-state index contributed by atoms with van der Waals surface area (Å²) in [4.78, 5) is 12.7. The highest BCUT2D eigenvalue weighted by molar-refractivity contribution is 9.10. The minimum absolute atomic E-state index is 0.230. The predicted molar refractivity (Wildman–Crippen MR) is 145 cm³/mol. The molecule has 3 aromatic carbocycles. The Labute approximate surface area is 221 Å². The molecule has 7 nitrogen and oxygen atoms in total. The second-order valence-corrected chi connectivity index (χ2v) is 10.1. The summed E-state index contributed by atoms with van der Waals surface area (Å²) < 4.78 is 2.93. The van der Waals surface area contributed by atoms with Crippen molar-refractivity contribution in [2.45, 2.75) is 23.9 Å². The fourth-order valence-corrected chi connectivity index (χ4v) is 4.37. The zero-order valence-electron chi connectivity index (χ0n) is 18.7. The minimum atomic E-state index is -0.444. The van der Waals surface area contributed by atoms with Crippen molar-refractivity contribution in [3.63, 3.8) is 0 Å². The van der Waals surface area contributed by atoms with E-state index in [1.807, 2.05) is 90.4 Å². The van der Waals surface area contributed by atoms with Gasteiger partial charge in [0.25, 0.3) is 5.91 Å². The predicted octanol–water partition coefficient (Wildman–Crippen LogP) is 5.93. The molecule has 1 heterocycles. The van der Waals surface area contributed by atoms with Crippen molar-refractivity contribution in [1.29, 1.82) is 0 Å². The van der Waals surface area contributed by atoms with Crippen molar-refractivity contribution in [2.75, 3.05) is 5.32 Å². The fourth-order valence-electron chi connectivity index (χ4n) is 3.10. The number of aromatic nitrogens is 3. The summed E-state index contributed by atoms with van der Waals surface area (Å²) in [6.45, 7) is 2.26. The van der Waals surface area contributed by atoms with Crippen LogP contribution in [0.25, 0.3) is 5.69 Å². The van der Waals surface area contributed by atoms with E-state index >= 15 is 0 Å². The van der Waals surface area contributed by atoms with Gasteiger partial charge in [0.1, 0.15) is 0 Å². The van der Waals surface area contributed by atoms with E-state index < -0.39 is 5.25 Å². The fraction of sp³-hybridized carbons (Fsp3) is 0.120.